The van der Waals surface area contributed by atoms with Gasteiger partial charge in [-0.15, -0.1) is 0 Å². The van der Waals surface area contributed by atoms with E-state index in [1.807, 2.05) is 0 Å². The smallest absolute Gasteiger partial charge is 0.268 e. The molecule has 0 N–H and O–H groups in total. The predicted octanol–water partition coefficient (Wildman–Crippen LogP) is 8.16. The lowest BCUT2D eigenvalue weighted by Gasteiger charge is -2.32. The van der Waals surface area contributed by atoms with Gasteiger partial charge in [-0.1, -0.05) is 18.2 Å². The SMILES string of the molecule is CN(C)C1CC=C(c2cn(S(=O)(=O)c3cccc(F)c3)c3cccnc23)CC1.CN(C)C1CCC(c2cn(S(=O)(=O)c3cccc(F)c3)c3cccnc23)CC1.[HH]. The highest BCUT2D eigenvalue weighted by molar-refractivity contribution is 7.90. The molecule has 1 fully saturated rings. The van der Waals surface area contributed by atoms with Crippen LogP contribution in [0.4, 0.5) is 8.78 Å². The topological polar surface area (TPSA) is 110 Å². The van der Waals surface area contributed by atoms with Crippen LogP contribution in [0, 0.1) is 11.6 Å². The number of hydrogen-bond acceptors (Lipinski definition) is 8. The molecule has 4 aromatic heterocycles. The fraction of sp³-hybridized carbons (Fsp3) is 0.333. The van der Waals surface area contributed by atoms with Gasteiger partial charge in [-0.25, -0.2) is 33.6 Å². The third kappa shape index (κ3) is 7.80. The van der Waals surface area contributed by atoms with Gasteiger partial charge >= 0.3 is 0 Å². The van der Waals surface area contributed by atoms with Gasteiger partial charge in [0.2, 0.25) is 0 Å². The van der Waals surface area contributed by atoms with Gasteiger partial charge < -0.3 is 9.80 Å². The summed E-state index contributed by atoms with van der Waals surface area (Å²) in [5, 5.41) is 0. The molecule has 296 valence electrons. The zero-order chi connectivity index (χ0) is 39.8. The number of rotatable bonds is 8. The van der Waals surface area contributed by atoms with Crippen LogP contribution >= 0.6 is 0 Å². The van der Waals surface area contributed by atoms with Crippen molar-refractivity contribution in [3.8, 4) is 0 Å². The van der Waals surface area contributed by atoms with E-state index in [2.05, 4.69) is 54.0 Å². The molecule has 0 bridgehead atoms. The molecule has 1 unspecified atom stereocenters. The summed E-state index contributed by atoms with van der Waals surface area (Å²) in [6.07, 6.45) is 15.8. The van der Waals surface area contributed by atoms with Gasteiger partial charge in [0.05, 0.1) is 31.9 Å². The Kier molecular flexibility index (Phi) is 11.3. The number of nitrogens with zero attached hydrogens (tertiary/aromatic N) is 6. The largest absolute Gasteiger partial charge is 0.306 e. The number of aromatic nitrogens is 4. The lowest BCUT2D eigenvalue weighted by Crippen LogP contribution is -2.31. The second kappa shape index (κ2) is 16.0. The lowest BCUT2D eigenvalue weighted by atomic mass is 9.82. The van der Waals surface area contributed by atoms with Crippen molar-refractivity contribution in [2.75, 3.05) is 28.2 Å². The summed E-state index contributed by atoms with van der Waals surface area (Å²) in [5.41, 5.74) is 5.30. The van der Waals surface area contributed by atoms with Crippen LogP contribution in [0.25, 0.3) is 27.6 Å². The molecule has 2 aromatic carbocycles. The highest BCUT2D eigenvalue weighted by Crippen LogP contribution is 2.39. The van der Waals surface area contributed by atoms with E-state index < -0.39 is 31.7 Å². The third-order valence-electron chi connectivity index (χ3n) is 11.1. The van der Waals surface area contributed by atoms with Gasteiger partial charge in [-0.05, 0) is 145 Å². The van der Waals surface area contributed by atoms with Crippen LogP contribution in [0.2, 0.25) is 0 Å². The molecule has 10 nitrogen and oxygen atoms in total. The van der Waals surface area contributed by atoms with Gasteiger partial charge in [-0.2, -0.15) is 0 Å². The highest BCUT2D eigenvalue weighted by atomic mass is 32.2. The molecular formula is C42H48F2N6O4S2. The lowest BCUT2D eigenvalue weighted by molar-refractivity contribution is 0.217. The Morgan fingerprint density at radius 2 is 1.20 bits per heavy atom. The van der Waals surface area contributed by atoms with E-state index in [4.69, 9.17) is 0 Å². The van der Waals surface area contributed by atoms with Crippen LogP contribution in [0.1, 0.15) is 63.4 Å². The maximum absolute atomic E-state index is 13.6. The maximum Gasteiger partial charge on any atom is 0.268 e. The van der Waals surface area contributed by atoms with Crippen LogP contribution in [-0.2, 0) is 20.0 Å². The zero-order valence-electron chi connectivity index (χ0n) is 31.9. The Morgan fingerprint density at radius 1 is 0.661 bits per heavy atom. The Bertz CT molecular complexity index is 2640. The fourth-order valence-corrected chi connectivity index (χ4v) is 10.7. The number of hydrogen-bond donors (Lipinski definition) is 0. The Balaban J connectivity index is 0.000000189. The molecule has 0 spiro atoms. The van der Waals surface area contributed by atoms with Gasteiger partial charge in [0, 0.05) is 49.4 Å². The van der Waals surface area contributed by atoms with Crippen LogP contribution in [0.3, 0.4) is 0 Å². The molecule has 0 radical (unpaired) electrons. The van der Waals surface area contributed by atoms with Crippen molar-refractivity contribution >= 4 is 47.7 Å². The molecular weight excluding hydrogens is 755 g/mol. The van der Waals surface area contributed by atoms with Crippen molar-refractivity contribution in [2.24, 2.45) is 0 Å². The summed E-state index contributed by atoms with van der Waals surface area (Å²) in [7, 11) is 0.516. The first-order chi connectivity index (χ1) is 26.8. The minimum Gasteiger partial charge on any atom is -0.306 e. The van der Waals surface area contributed by atoms with E-state index in [1.165, 1.54) is 44.3 Å². The Hall–Kier alpha value is -4.76. The number of pyridine rings is 2. The predicted molar refractivity (Wildman–Crippen MR) is 218 cm³/mol. The molecule has 56 heavy (non-hydrogen) atoms. The quantitative estimate of drug-likeness (QED) is 0.152. The average molecular weight is 803 g/mol. The first-order valence-corrected chi connectivity index (χ1v) is 21.6. The minimum absolute atomic E-state index is 0. The zero-order valence-corrected chi connectivity index (χ0v) is 33.5. The molecule has 14 heteroatoms. The van der Waals surface area contributed by atoms with Crippen LogP contribution < -0.4 is 0 Å². The van der Waals surface area contributed by atoms with E-state index in [0.29, 0.717) is 28.6 Å². The molecule has 8 rings (SSSR count). The second-order valence-electron chi connectivity index (χ2n) is 15.0. The first-order valence-electron chi connectivity index (χ1n) is 18.7. The molecule has 0 saturated heterocycles. The van der Waals surface area contributed by atoms with Gasteiger partial charge in [0.25, 0.3) is 20.0 Å². The minimum atomic E-state index is -3.93. The van der Waals surface area contributed by atoms with Crippen molar-refractivity contribution in [2.45, 2.75) is 72.7 Å². The summed E-state index contributed by atoms with van der Waals surface area (Å²) in [5.74, 6) is -0.879. The van der Waals surface area contributed by atoms with Crippen LogP contribution in [0.15, 0.2) is 113 Å². The Morgan fingerprint density at radius 3 is 1.71 bits per heavy atom. The van der Waals surface area contributed by atoms with Crippen molar-refractivity contribution in [3.05, 3.63) is 126 Å². The van der Waals surface area contributed by atoms with Crippen LogP contribution in [0.5, 0.6) is 0 Å². The normalized spacial score (nSPS) is 19.3. The van der Waals surface area contributed by atoms with Crippen molar-refractivity contribution in [3.63, 3.8) is 0 Å². The van der Waals surface area contributed by atoms with Gasteiger partial charge in [0.15, 0.2) is 0 Å². The molecule has 6 aromatic rings. The second-order valence-corrected chi connectivity index (χ2v) is 18.6. The van der Waals surface area contributed by atoms with E-state index in [0.717, 1.165) is 79.3 Å². The Labute approximate surface area is 328 Å². The maximum atomic E-state index is 13.6. The number of benzene rings is 2. The van der Waals surface area contributed by atoms with E-state index in [-0.39, 0.29) is 17.1 Å². The number of allylic oxidation sites excluding steroid dienone is 1. The summed E-state index contributed by atoms with van der Waals surface area (Å²) >= 11 is 0. The molecule has 1 atom stereocenters. The molecule has 0 aliphatic heterocycles. The summed E-state index contributed by atoms with van der Waals surface area (Å²) < 4.78 is 82.5. The number of halogens is 2. The third-order valence-corrected chi connectivity index (χ3v) is 14.5. The molecule has 2 aliphatic rings. The van der Waals surface area contributed by atoms with E-state index in [1.54, 1.807) is 49.1 Å². The average Bonchev–Trinajstić information content (AvgIpc) is 3.79. The van der Waals surface area contributed by atoms with Crippen molar-refractivity contribution in [1.29, 1.82) is 0 Å². The summed E-state index contributed by atoms with van der Waals surface area (Å²) in [6.45, 7) is 0. The van der Waals surface area contributed by atoms with Gasteiger partial charge in [0.1, 0.15) is 11.6 Å². The molecule has 2 aliphatic carbocycles. The van der Waals surface area contributed by atoms with Crippen LogP contribution in [-0.4, -0.2) is 84.8 Å². The van der Waals surface area contributed by atoms with E-state index in [9.17, 15) is 25.6 Å². The highest BCUT2D eigenvalue weighted by Gasteiger charge is 2.30. The molecule has 0 amide bonds. The molecule has 1 saturated carbocycles. The van der Waals surface area contributed by atoms with Gasteiger partial charge in [-0.3, -0.25) is 9.97 Å². The van der Waals surface area contributed by atoms with E-state index >= 15 is 0 Å². The summed E-state index contributed by atoms with van der Waals surface area (Å²) in [4.78, 5) is 13.3. The molecule has 4 heterocycles. The number of fused-ring (bicyclic) bond motifs is 2. The van der Waals surface area contributed by atoms with Crippen molar-refractivity contribution in [1.82, 2.24) is 27.7 Å². The standard InChI is InChI=1S/C21H24FN3O2S.C21H22FN3O2S.H2/c2*1-24(2)17-10-8-15(9-11-17)19-14-25(20-7-4-12-23-21(19)20)28(26,27)18-6-3-5-16(22)13-18;/h3-7,12-15,17H,8-11H2,1-2H3;3-8,12-14,17H,9-11H2,1-2H3;1H. The first kappa shape index (κ1) is 39.5. The summed E-state index contributed by atoms with van der Waals surface area (Å²) in [6, 6.07) is 18.2. The van der Waals surface area contributed by atoms with Crippen molar-refractivity contribution < 1.29 is 27.0 Å². The fourth-order valence-electron chi connectivity index (χ4n) is 7.93. The monoisotopic (exact) mass is 802 g/mol.